The van der Waals surface area contributed by atoms with Crippen LogP contribution in [-0.2, 0) is 9.13 Å². The Morgan fingerprint density at radius 3 is 1.82 bits per heavy atom. The van der Waals surface area contributed by atoms with Gasteiger partial charge in [0.05, 0.1) is 0 Å². The maximum Gasteiger partial charge on any atom is 0.369 e. The van der Waals surface area contributed by atoms with E-state index in [9.17, 15) is 14.2 Å². The first-order valence-corrected chi connectivity index (χ1v) is 8.29. The van der Waals surface area contributed by atoms with Crippen molar-refractivity contribution < 1.29 is 33.8 Å². The van der Waals surface area contributed by atoms with Crippen LogP contribution in [0.1, 0.15) is 13.3 Å². The van der Waals surface area contributed by atoms with Crippen molar-refractivity contribution in [3.63, 3.8) is 0 Å². The average Bonchev–Trinajstić information content (AvgIpc) is 2.09. The van der Waals surface area contributed by atoms with Crippen molar-refractivity contribution >= 4 is 27.8 Å². The fourth-order valence-corrected chi connectivity index (χ4v) is 3.23. The molecule has 0 aliphatic rings. The predicted octanol–water partition coefficient (Wildman–Crippen LogP) is -0.414. The van der Waals surface area contributed by atoms with Crippen LogP contribution in [0.5, 0.6) is 0 Å². The highest BCUT2D eigenvalue weighted by Crippen LogP contribution is 2.68. The molecule has 1 unspecified atom stereocenters. The molecule has 0 aliphatic heterocycles. The molecule has 17 heavy (non-hydrogen) atoms. The van der Waals surface area contributed by atoms with Gasteiger partial charge < -0.3 is 24.7 Å². The van der Waals surface area contributed by atoms with Crippen LogP contribution in [0.15, 0.2) is 0 Å². The Morgan fingerprint density at radius 1 is 1.24 bits per heavy atom. The lowest BCUT2D eigenvalue weighted by atomic mass is 10.4. The summed E-state index contributed by atoms with van der Waals surface area (Å²) in [5.74, 6) is 0. The van der Waals surface area contributed by atoms with Gasteiger partial charge in [-0.3, -0.25) is 14.0 Å². The molecule has 0 fully saturated rings. The standard InChI is InChI=1S/C6H17NO7P2S/c1-5(17)7(2)4-3-6(8,15(9,10)11)16(12,13)14/h5,8,17H,3-4H2,1-2H3,(H2,9,10,11)(H2,12,13,14). The maximum atomic E-state index is 11.0. The minimum atomic E-state index is -5.35. The number of nitrogens with zero attached hydrogens (tertiary/aromatic N) is 1. The Balaban J connectivity index is 5.02. The number of thiol groups is 1. The zero-order chi connectivity index (χ0) is 14.1. The second kappa shape index (κ2) is 5.69. The summed E-state index contributed by atoms with van der Waals surface area (Å²) < 4.78 is 22.0. The van der Waals surface area contributed by atoms with E-state index in [4.69, 9.17) is 19.6 Å². The van der Waals surface area contributed by atoms with Crippen LogP contribution in [-0.4, -0.2) is 53.6 Å². The molecule has 0 saturated heterocycles. The first kappa shape index (κ1) is 17.6. The maximum absolute atomic E-state index is 11.0. The Morgan fingerprint density at radius 2 is 1.59 bits per heavy atom. The fraction of sp³-hybridized carbons (Fsp3) is 1.00. The molecule has 0 aliphatic carbocycles. The van der Waals surface area contributed by atoms with Crippen LogP contribution in [0.4, 0.5) is 0 Å². The number of aliphatic hydroxyl groups is 1. The first-order valence-electron chi connectivity index (χ1n) is 4.55. The second-order valence-electron chi connectivity index (χ2n) is 3.72. The minimum absolute atomic E-state index is 0.128. The van der Waals surface area contributed by atoms with E-state index in [2.05, 4.69) is 12.6 Å². The molecule has 0 spiro atoms. The summed E-state index contributed by atoms with van der Waals surface area (Å²) >= 11 is 4.02. The summed E-state index contributed by atoms with van der Waals surface area (Å²) in [5.41, 5.74) is 0. The molecule has 5 N–H and O–H groups in total. The first-order chi connectivity index (χ1) is 7.33. The number of hydrogen-bond donors (Lipinski definition) is 6. The molecule has 0 bridgehead atoms. The summed E-state index contributed by atoms with van der Waals surface area (Å²) in [6, 6.07) is 0. The van der Waals surface area contributed by atoms with Crippen LogP contribution < -0.4 is 0 Å². The van der Waals surface area contributed by atoms with Gasteiger partial charge in [0.2, 0.25) is 0 Å². The lowest BCUT2D eigenvalue weighted by Crippen LogP contribution is -2.35. The van der Waals surface area contributed by atoms with E-state index in [0.29, 0.717) is 0 Å². The molecule has 0 aromatic heterocycles. The van der Waals surface area contributed by atoms with E-state index in [0.717, 1.165) is 0 Å². The van der Waals surface area contributed by atoms with Crippen molar-refractivity contribution in [3.8, 4) is 0 Å². The molecular weight excluding hydrogens is 292 g/mol. The quantitative estimate of drug-likeness (QED) is 0.221. The van der Waals surface area contributed by atoms with Crippen LogP contribution in [0.25, 0.3) is 0 Å². The van der Waals surface area contributed by atoms with Gasteiger partial charge in [-0.2, -0.15) is 12.6 Å². The smallest absolute Gasteiger partial charge is 0.367 e. The Labute approximate surface area is 104 Å². The van der Waals surface area contributed by atoms with E-state index >= 15 is 0 Å². The Kier molecular flexibility index (Phi) is 5.88. The second-order valence-corrected chi connectivity index (χ2v) is 8.48. The monoisotopic (exact) mass is 309 g/mol. The minimum Gasteiger partial charge on any atom is -0.367 e. The van der Waals surface area contributed by atoms with Crippen LogP contribution in [0.2, 0.25) is 0 Å². The van der Waals surface area contributed by atoms with Gasteiger partial charge in [-0.25, -0.2) is 0 Å². The molecule has 0 radical (unpaired) electrons. The average molecular weight is 309 g/mol. The van der Waals surface area contributed by atoms with Crippen LogP contribution in [0.3, 0.4) is 0 Å². The lowest BCUT2D eigenvalue weighted by molar-refractivity contribution is 0.111. The van der Waals surface area contributed by atoms with Crippen molar-refractivity contribution in [3.05, 3.63) is 0 Å². The van der Waals surface area contributed by atoms with Gasteiger partial charge in [0.1, 0.15) is 0 Å². The summed E-state index contributed by atoms with van der Waals surface area (Å²) in [6.45, 7) is 1.54. The molecule has 0 aromatic carbocycles. The SMILES string of the molecule is CC(S)N(C)CCC(O)(P(=O)(O)O)P(=O)(O)O. The molecule has 1 atom stereocenters. The summed E-state index contributed by atoms with van der Waals surface area (Å²) in [7, 11) is -9.17. The van der Waals surface area contributed by atoms with Crippen molar-refractivity contribution in [2.75, 3.05) is 13.6 Å². The van der Waals surface area contributed by atoms with Gasteiger partial charge in [0.25, 0.3) is 5.08 Å². The highest BCUT2D eigenvalue weighted by atomic mass is 32.1. The van der Waals surface area contributed by atoms with E-state index in [1.54, 1.807) is 6.92 Å². The fourth-order valence-electron chi connectivity index (χ4n) is 0.974. The van der Waals surface area contributed by atoms with Crippen LogP contribution >= 0.6 is 27.8 Å². The van der Waals surface area contributed by atoms with Crippen molar-refractivity contribution in [1.82, 2.24) is 4.90 Å². The predicted molar refractivity (Wildman–Crippen MR) is 64.7 cm³/mol. The lowest BCUT2D eigenvalue weighted by Gasteiger charge is -2.31. The molecule has 0 heterocycles. The third-order valence-electron chi connectivity index (χ3n) is 2.37. The van der Waals surface area contributed by atoms with Gasteiger partial charge in [0.15, 0.2) is 0 Å². The van der Waals surface area contributed by atoms with Gasteiger partial charge >= 0.3 is 15.2 Å². The van der Waals surface area contributed by atoms with E-state index in [1.807, 2.05) is 0 Å². The van der Waals surface area contributed by atoms with E-state index in [1.165, 1.54) is 11.9 Å². The highest BCUT2D eigenvalue weighted by molar-refractivity contribution is 7.80. The van der Waals surface area contributed by atoms with Crippen molar-refractivity contribution in [1.29, 1.82) is 0 Å². The molecule has 0 amide bonds. The zero-order valence-electron chi connectivity index (χ0n) is 9.33. The Bertz CT molecular complexity index is 328. The van der Waals surface area contributed by atoms with Crippen molar-refractivity contribution in [2.24, 2.45) is 0 Å². The Hall–Kier alpha value is 0.570. The normalized spacial score (nSPS) is 16.3. The van der Waals surface area contributed by atoms with Gasteiger partial charge in [-0.15, -0.1) is 0 Å². The molecule has 104 valence electrons. The molecule has 0 saturated carbocycles. The molecule has 0 aromatic rings. The summed E-state index contributed by atoms with van der Waals surface area (Å²) in [4.78, 5) is 36.9. The number of rotatable bonds is 6. The van der Waals surface area contributed by atoms with Gasteiger partial charge in [-0.1, -0.05) is 0 Å². The third kappa shape index (κ3) is 4.31. The molecular formula is C6H17NO7P2S. The largest absolute Gasteiger partial charge is 0.369 e. The zero-order valence-corrected chi connectivity index (χ0v) is 12.0. The van der Waals surface area contributed by atoms with Crippen molar-refractivity contribution in [2.45, 2.75) is 23.8 Å². The summed E-state index contributed by atoms with van der Waals surface area (Å²) in [6.07, 6.45) is -0.761. The highest BCUT2D eigenvalue weighted by Gasteiger charge is 2.58. The van der Waals surface area contributed by atoms with E-state index in [-0.39, 0.29) is 11.9 Å². The van der Waals surface area contributed by atoms with Crippen LogP contribution in [0, 0.1) is 0 Å². The third-order valence-corrected chi connectivity index (χ3v) is 6.64. The molecule has 11 heteroatoms. The van der Waals surface area contributed by atoms with E-state index < -0.39 is 26.7 Å². The topological polar surface area (TPSA) is 139 Å². The van der Waals surface area contributed by atoms with Gasteiger partial charge in [0, 0.05) is 18.3 Å². The number of hydrogen-bond acceptors (Lipinski definition) is 5. The van der Waals surface area contributed by atoms with Gasteiger partial charge in [-0.05, 0) is 14.0 Å². The molecule has 8 nitrogen and oxygen atoms in total. The molecule has 0 rings (SSSR count). The summed E-state index contributed by atoms with van der Waals surface area (Å²) in [5, 5.41) is 5.90.